The van der Waals surface area contributed by atoms with Crippen LogP contribution in [0.4, 0.5) is 0 Å². The van der Waals surface area contributed by atoms with Crippen LogP contribution in [0, 0.1) is 0 Å². The molecule has 0 aliphatic carbocycles. The highest BCUT2D eigenvalue weighted by Gasteiger charge is 2.23. The van der Waals surface area contributed by atoms with Gasteiger partial charge in [0, 0.05) is 5.39 Å². The average molecular weight is 410 g/mol. The standard InChI is InChI=1S/C21H16BrNO3/c1-12(22)20(24)19-11-16(21(25)26-2)18-10-8-15-14-6-4-3-5-13(14)7-9-17(15)23(18)19/h3-12H,1-2H3. The number of methoxy groups -OCH3 is 1. The normalized spacial score (nSPS) is 12.6. The number of ketones is 1. The van der Waals surface area contributed by atoms with Crippen LogP contribution in [0.3, 0.4) is 0 Å². The molecule has 2 aromatic heterocycles. The van der Waals surface area contributed by atoms with Gasteiger partial charge in [-0.15, -0.1) is 0 Å². The lowest BCUT2D eigenvalue weighted by Gasteiger charge is -2.10. The van der Waals surface area contributed by atoms with Crippen molar-refractivity contribution in [2.75, 3.05) is 7.11 Å². The molecule has 0 aliphatic heterocycles. The molecule has 4 nitrogen and oxygen atoms in total. The largest absolute Gasteiger partial charge is 0.465 e. The van der Waals surface area contributed by atoms with Gasteiger partial charge in [-0.25, -0.2) is 4.79 Å². The molecule has 130 valence electrons. The molecule has 0 spiro atoms. The van der Waals surface area contributed by atoms with Crippen molar-refractivity contribution in [3.05, 3.63) is 65.9 Å². The van der Waals surface area contributed by atoms with E-state index in [-0.39, 0.29) is 10.6 Å². The summed E-state index contributed by atoms with van der Waals surface area (Å²) in [5, 5.41) is 3.26. The predicted molar refractivity (Wildman–Crippen MR) is 106 cm³/mol. The fraction of sp³-hybridized carbons (Fsp3) is 0.143. The Morgan fingerprint density at radius 3 is 2.46 bits per heavy atom. The first-order valence-electron chi connectivity index (χ1n) is 8.25. The van der Waals surface area contributed by atoms with Crippen molar-refractivity contribution >= 4 is 54.9 Å². The summed E-state index contributed by atoms with van der Waals surface area (Å²) in [4.78, 5) is 24.6. The number of Topliss-reactive ketones (excluding diaryl/α,β-unsaturated/α-hetero) is 1. The van der Waals surface area contributed by atoms with Gasteiger partial charge in [-0.1, -0.05) is 52.3 Å². The van der Waals surface area contributed by atoms with Crippen LogP contribution in [0.5, 0.6) is 0 Å². The number of nitrogens with zero attached hydrogens (tertiary/aromatic N) is 1. The van der Waals surface area contributed by atoms with Gasteiger partial charge in [-0.2, -0.15) is 0 Å². The van der Waals surface area contributed by atoms with E-state index in [4.69, 9.17) is 4.74 Å². The van der Waals surface area contributed by atoms with Crippen LogP contribution in [0.15, 0.2) is 54.6 Å². The summed E-state index contributed by atoms with van der Waals surface area (Å²) in [6, 6.07) is 17.6. The van der Waals surface area contributed by atoms with Crippen LogP contribution in [-0.4, -0.2) is 28.1 Å². The van der Waals surface area contributed by atoms with Crippen molar-refractivity contribution in [3.63, 3.8) is 0 Å². The predicted octanol–water partition coefficient (Wildman–Crippen LogP) is 5.00. The molecule has 0 radical (unpaired) electrons. The lowest BCUT2D eigenvalue weighted by molar-refractivity contribution is 0.0603. The van der Waals surface area contributed by atoms with E-state index in [1.54, 1.807) is 13.0 Å². The number of benzene rings is 2. The summed E-state index contributed by atoms with van der Waals surface area (Å²) in [6.45, 7) is 1.78. The number of aromatic nitrogens is 1. The number of ether oxygens (including phenoxy) is 1. The maximum Gasteiger partial charge on any atom is 0.340 e. The minimum atomic E-state index is -0.455. The molecule has 0 fully saturated rings. The Morgan fingerprint density at radius 1 is 1.00 bits per heavy atom. The number of alkyl halides is 1. The summed E-state index contributed by atoms with van der Waals surface area (Å²) >= 11 is 3.35. The quantitative estimate of drug-likeness (QED) is 0.207. The molecule has 0 bridgehead atoms. The fourth-order valence-corrected chi connectivity index (χ4v) is 3.66. The van der Waals surface area contributed by atoms with Gasteiger partial charge in [-0.3, -0.25) is 4.79 Å². The highest BCUT2D eigenvalue weighted by molar-refractivity contribution is 9.10. The zero-order valence-corrected chi connectivity index (χ0v) is 15.9. The Kier molecular flexibility index (Phi) is 4.04. The first-order valence-corrected chi connectivity index (χ1v) is 9.17. The van der Waals surface area contributed by atoms with Crippen molar-refractivity contribution in [2.45, 2.75) is 11.8 Å². The molecule has 4 aromatic rings. The zero-order valence-electron chi connectivity index (χ0n) is 14.3. The second-order valence-corrected chi connectivity index (χ2v) is 7.56. The number of pyridine rings is 1. The highest BCUT2D eigenvalue weighted by atomic mass is 79.9. The number of hydrogen-bond acceptors (Lipinski definition) is 3. The molecule has 0 amide bonds. The number of rotatable bonds is 3. The van der Waals surface area contributed by atoms with Crippen molar-refractivity contribution in [2.24, 2.45) is 0 Å². The summed E-state index contributed by atoms with van der Waals surface area (Å²) in [7, 11) is 1.34. The Labute approximate surface area is 158 Å². The van der Waals surface area contributed by atoms with Gasteiger partial charge in [0.2, 0.25) is 0 Å². The van der Waals surface area contributed by atoms with E-state index in [9.17, 15) is 9.59 Å². The lowest BCUT2D eigenvalue weighted by atomic mass is 10.0. The summed E-state index contributed by atoms with van der Waals surface area (Å²) in [5.41, 5.74) is 2.40. The van der Waals surface area contributed by atoms with Gasteiger partial charge in [0.15, 0.2) is 5.78 Å². The van der Waals surface area contributed by atoms with Crippen LogP contribution in [0.1, 0.15) is 27.8 Å². The van der Waals surface area contributed by atoms with Gasteiger partial charge >= 0.3 is 5.97 Å². The SMILES string of the molecule is COC(=O)c1cc(C(=O)C(C)Br)n2c1ccc1c3ccccc3ccc12. The number of carbonyl (C=O) groups is 2. The molecule has 5 heteroatoms. The summed E-state index contributed by atoms with van der Waals surface area (Å²) in [6.07, 6.45) is 0. The molecular formula is C21H16BrNO3. The second-order valence-electron chi connectivity index (χ2n) is 6.19. The van der Waals surface area contributed by atoms with Crippen molar-refractivity contribution < 1.29 is 14.3 Å². The van der Waals surface area contributed by atoms with Gasteiger partial charge in [0.05, 0.1) is 34.2 Å². The topological polar surface area (TPSA) is 47.8 Å². The smallest absolute Gasteiger partial charge is 0.340 e. The van der Waals surface area contributed by atoms with Crippen LogP contribution in [0.2, 0.25) is 0 Å². The third-order valence-electron chi connectivity index (χ3n) is 4.65. The van der Waals surface area contributed by atoms with Crippen LogP contribution >= 0.6 is 15.9 Å². The minimum Gasteiger partial charge on any atom is -0.465 e. The van der Waals surface area contributed by atoms with Gasteiger partial charge in [-0.05, 0) is 35.9 Å². The Hall–Kier alpha value is -2.66. The first kappa shape index (κ1) is 16.8. The van der Waals surface area contributed by atoms with Gasteiger partial charge < -0.3 is 9.14 Å². The molecule has 2 aromatic carbocycles. The number of carbonyl (C=O) groups excluding carboxylic acids is 2. The van der Waals surface area contributed by atoms with E-state index in [1.165, 1.54) is 7.11 Å². The lowest BCUT2D eigenvalue weighted by Crippen LogP contribution is -2.12. The van der Waals surface area contributed by atoms with Crippen LogP contribution < -0.4 is 0 Å². The monoisotopic (exact) mass is 409 g/mol. The third kappa shape index (κ3) is 2.42. The Morgan fingerprint density at radius 2 is 1.73 bits per heavy atom. The number of fused-ring (bicyclic) bond motifs is 5. The van der Waals surface area contributed by atoms with Crippen LogP contribution in [-0.2, 0) is 4.74 Å². The van der Waals surface area contributed by atoms with E-state index in [1.807, 2.05) is 40.8 Å². The summed E-state index contributed by atoms with van der Waals surface area (Å²) < 4.78 is 6.76. The molecule has 0 saturated heterocycles. The molecule has 2 heterocycles. The third-order valence-corrected chi connectivity index (χ3v) is 5.07. The Balaban J connectivity index is 2.18. The number of halogens is 1. The molecular weight excluding hydrogens is 394 g/mol. The fourth-order valence-electron chi connectivity index (χ4n) is 3.42. The van der Waals surface area contributed by atoms with E-state index >= 15 is 0 Å². The molecule has 1 atom stereocenters. The van der Waals surface area contributed by atoms with E-state index in [0.717, 1.165) is 21.7 Å². The van der Waals surface area contributed by atoms with E-state index < -0.39 is 5.97 Å². The van der Waals surface area contributed by atoms with Crippen LogP contribution in [0.25, 0.3) is 27.2 Å². The molecule has 26 heavy (non-hydrogen) atoms. The maximum atomic E-state index is 12.8. The maximum absolute atomic E-state index is 12.8. The summed E-state index contributed by atoms with van der Waals surface area (Å²) in [5.74, 6) is -0.542. The van der Waals surface area contributed by atoms with Crippen molar-refractivity contribution in [1.82, 2.24) is 4.40 Å². The Bertz CT molecular complexity index is 1190. The number of hydrogen-bond donors (Lipinski definition) is 0. The molecule has 0 N–H and O–H groups in total. The molecule has 4 rings (SSSR count). The molecule has 0 saturated carbocycles. The van der Waals surface area contributed by atoms with Gasteiger partial charge in [0.1, 0.15) is 0 Å². The van der Waals surface area contributed by atoms with E-state index in [0.29, 0.717) is 16.8 Å². The zero-order chi connectivity index (χ0) is 18.4. The second kappa shape index (κ2) is 6.25. The average Bonchev–Trinajstić information content (AvgIpc) is 3.06. The molecule has 1 unspecified atom stereocenters. The highest BCUT2D eigenvalue weighted by Crippen LogP contribution is 2.30. The molecule has 0 aliphatic rings. The van der Waals surface area contributed by atoms with E-state index in [2.05, 4.69) is 28.1 Å². The number of esters is 1. The van der Waals surface area contributed by atoms with Gasteiger partial charge in [0.25, 0.3) is 0 Å². The van der Waals surface area contributed by atoms with Crippen molar-refractivity contribution in [3.8, 4) is 0 Å². The minimum absolute atomic E-state index is 0.0872. The first-order chi connectivity index (χ1) is 12.5. The van der Waals surface area contributed by atoms with Crippen molar-refractivity contribution in [1.29, 1.82) is 0 Å².